The molecule has 1 unspecified atom stereocenters. The molecular weight excluding hydrogens is 319 g/mol. The van der Waals surface area contributed by atoms with Crippen LogP contribution in [0.5, 0.6) is 0 Å². The van der Waals surface area contributed by atoms with Crippen LogP contribution >= 0.6 is 0 Å². The molecule has 1 aromatic rings. The average Bonchev–Trinajstić information content (AvgIpc) is 3.16. The maximum atomic E-state index is 13.8. The molecular formula is C14H16F3NO3S. The number of nitrogens with zero attached hydrogens (tertiary/aromatic N) is 1. The summed E-state index contributed by atoms with van der Waals surface area (Å²) in [6, 6.07) is 0.491. The van der Waals surface area contributed by atoms with Gasteiger partial charge in [-0.3, -0.25) is 0 Å². The number of rotatable bonds is 5. The van der Waals surface area contributed by atoms with Gasteiger partial charge in [-0.25, -0.2) is 21.6 Å². The monoisotopic (exact) mass is 335 g/mol. The van der Waals surface area contributed by atoms with Crippen molar-refractivity contribution in [3.8, 4) is 0 Å². The van der Waals surface area contributed by atoms with E-state index in [-0.39, 0.29) is 24.6 Å². The molecule has 1 aromatic carbocycles. The minimum Gasteiger partial charge on any atom is -0.381 e. The Morgan fingerprint density at radius 3 is 2.36 bits per heavy atom. The summed E-state index contributed by atoms with van der Waals surface area (Å²) >= 11 is 0. The minimum absolute atomic E-state index is 0.0451. The van der Waals surface area contributed by atoms with E-state index in [9.17, 15) is 21.6 Å². The SMILES string of the molecule is O=S(=O)(c1cc(F)c(F)cc1F)N(CC1CCOC1)C1CC1. The van der Waals surface area contributed by atoms with E-state index in [1.165, 1.54) is 4.31 Å². The Kier molecular flexibility index (Phi) is 4.17. The number of halogens is 3. The molecule has 1 aliphatic carbocycles. The summed E-state index contributed by atoms with van der Waals surface area (Å²) < 4.78 is 71.9. The van der Waals surface area contributed by atoms with E-state index >= 15 is 0 Å². The van der Waals surface area contributed by atoms with Crippen molar-refractivity contribution in [3.63, 3.8) is 0 Å². The van der Waals surface area contributed by atoms with E-state index in [1.54, 1.807) is 0 Å². The highest BCUT2D eigenvalue weighted by Crippen LogP contribution is 2.34. The van der Waals surface area contributed by atoms with E-state index in [4.69, 9.17) is 4.74 Å². The molecule has 2 fully saturated rings. The molecule has 0 aromatic heterocycles. The number of hydrogen-bond donors (Lipinski definition) is 0. The van der Waals surface area contributed by atoms with E-state index in [0.29, 0.717) is 32.1 Å². The lowest BCUT2D eigenvalue weighted by atomic mass is 10.1. The number of sulfonamides is 1. The summed E-state index contributed by atoms with van der Waals surface area (Å²) in [6.07, 6.45) is 2.12. The minimum atomic E-state index is -4.20. The van der Waals surface area contributed by atoms with Crippen molar-refractivity contribution in [1.82, 2.24) is 4.31 Å². The summed E-state index contributed by atoms with van der Waals surface area (Å²) in [5.41, 5.74) is 0. The summed E-state index contributed by atoms with van der Waals surface area (Å²) in [5, 5.41) is 0. The first-order valence-electron chi connectivity index (χ1n) is 7.13. The maximum Gasteiger partial charge on any atom is 0.246 e. The maximum absolute atomic E-state index is 13.8. The van der Waals surface area contributed by atoms with Crippen LogP contribution in [-0.2, 0) is 14.8 Å². The van der Waals surface area contributed by atoms with Gasteiger partial charge in [0.1, 0.15) is 10.7 Å². The van der Waals surface area contributed by atoms with Gasteiger partial charge in [-0.1, -0.05) is 0 Å². The summed E-state index contributed by atoms with van der Waals surface area (Å²) in [7, 11) is -4.20. The zero-order valence-corrected chi connectivity index (χ0v) is 12.6. The van der Waals surface area contributed by atoms with Gasteiger partial charge in [0.25, 0.3) is 0 Å². The van der Waals surface area contributed by atoms with E-state index in [1.807, 2.05) is 0 Å². The van der Waals surface area contributed by atoms with Gasteiger partial charge in [0.05, 0.1) is 6.61 Å². The van der Waals surface area contributed by atoms with Crippen molar-refractivity contribution in [1.29, 1.82) is 0 Å². The van der Waals surface area contributed by atoms with Crippen LogP contribution in [0.1, 0.15) is 19.3 Å². The summed E-state index contributed by atoms with van der Waals surface area (Å²) in [5.74, 6) is -4.01. The lowest BCUT2D eigenvalue weighted by Crippen LogP contribution is -2.38. The van der Waals surface area contributed by atoms with Crippen molar-refractivity contribution < 1.29 is 26.3 Å². The van der Waals surface area contributed by atoms with Crippen LogP contribution in [0.15, 0.2) is 17.0 Å². The molecule has 1 heterocycles. The molecule has 1 saturated heterocycles. The number of ether oxygens (including phenoxy) is 1. The van der Waals surface area contributed by atoms with Crippen LogP contribution in [0, 0.1) is 23.4 Å². The fraction of sp³-hybridized carbons (Fsp3) is 0.571. The smallest absolute Gasteiger partial charge is 0.246 e. The molecule has 122 valence electrons. The molecule has 0 N–H and O–H groups in total. The molecule has 0 amide bonds. The highest BCUT2D eigenvalue weighted by atomic mass is 32.2. The van der Waals surface area contributed by atoms with Crippen LogP contribution < -0.4 is 0 Å². The van der Waals surface area contributed by atoms with Crippen LogP contribution in [0.2, 0.25) is 0 Å². The number of hydrogen-bond acceptors (Lipinski definition) is 3. The normalized spacial score (nSPS) is 22.5. The third-order valence-electron chi connectivity index (χ3n) is 3.98. The van der Waals surface area contributed by atoms with Gasteiger partial charge < -0.3 is 4.74 Å². The Balaban J connectivity index is 1.93. The van der Waals surface area contributed by atoms with Gasteiger partial charge >= 0.3 is 0 Å². The molecule has 1 saturated carbocycles. The Morgan fingerprint density at radius 2 is 1.77 bits per heavy atom. The zero-order valence-electron chi connectivity index (χ0n) is 11.8. The topological polar surface area (TPSA) is 46.6 Å². The molecule has 4 nitrogen and oxygen atoms in total. The zero-order chi connectivity index (χ0) is 15.9. The first kappa shape index (κ1) is 15.8. The third-order valence-corrected chi connectivity index (χ3v) is 5.91. The molecule has 2 aliphatic rings. The van der Waals surface area contributed by atoms with E-state index in [2.05, 4.69) is 0 Å². The van der Waals surface area contributed by atoms with Gasteiger partial charge in [-0.2, -0.15) is 4.31 Å². The van der Waals surface area contributed by atoms with Crippen LogP contribution in [0.3, 0.4) is 0 Å². The molecule has 1 atom stereocenters. The van der Waals surface area contributed by atoms with Crippen LogP contribution in [0.4, 0.5) is 13.2 Å². The third kappa shape index (κ3) is 3.00. The average molecular weight is 335 g/mol. The molecule has 3 rings (SSSR count). The second-order valence-corrected chi connectivity index (χ2v) is 7.59. The highest BCUT2D eigenvalue weighted by molar-refractivity contribution is 7.89. The largest absolute Gasteiger partial charge is 0.381 e. The predicted molar refractivity (Wildman–Crippen MR) is 72.2 cm³/mol. The summed E-state index contributed by atoms with van der Waals surface area (Å²) in [6.45, 7) is 1.24. The van der Waals surface area contributed by atoms with Gasteiger partial charge in [-0.05, 0) is 31.2 Å². The van der Waals surface area contributed by atoms with Crippen molar-refractivity contribution in [2.45, 2.75) is 30.2 Å². The molecule has 0 radical (unpaired) electrons. The lowest BCUT2D eigenvalue weighted by Gasteiger charge is -2.24. The van der Waals surface area contributed by atoms with Crippen molar-refractivity contribution >= 4 is 10.0 Å². The Bertz CT molecular complexity index is 670. The van der Waals surface area contributed by atoms with Crippen molar-refractivity contribution in [2.24, 2.45) is 5.92 Å². The van der Waals surface area contributed by atoms with Gasteiger partial charge in [0.15, 0.2) is 11.6 Å². The second kappa shape index (κ2) is 5.82. The van der Waals surface area contributed by atoms with Crippen molar-refractivity contribution in [3.05, 3.63) is 29.6 Å². The highest BCUT2D eigenvalue weighted by Gasteiger charge is 2.41. The van der Waals surface area contributed by atoms with E-state index in [0.717, 1.165) is 6.42 Å². The van der Waals surface area contributed by atoms with Gasteiger partial charge in [0, 0.05) is 25.3 Å². The molecule has 1 aliphatic heterocycles. The second-order valence-electron chi connectivity index (χ2n) is 5.73. The van der Waals surface area contributed by atoms with Crippen LogP contribution in [-0.4, -0.2) is 38.5 Å². The lowest BCUT2D eigenvalue weighted by molar-refractivity contribution is 0.180. The summed E-state index contributed by atoms with van der Waals surface area (Å²) in [4.78, 5) is -0.808. The number of benzene rings is 1. The molecule has 8 heteroatoms. The Labute approximate surface area is 126 Å². The van der Waals surface area contributed by atoms with Crippen molar-refractivity contribution in [2.75, 3.05) is 19.8 Å². The fourth-order valence-corrected chi connectivity index (χ4v) is 4.44. The van der Waals surface area contributed by atoms with Gasteiger partial charge in [0.2, 0.25) is 10.0 Å². The Hall–Kier alpha value is -1.12. The predicted octanol–water partition coefficient (Wildman–Crippen LogP) is 2.29. The van der Waals surface area contributed by atoms with E-state index < -0.39 is 32.4 Å². The molecule has 0 spiro atoms. The first-order chi connectivity index (χ1) is 10.4. The first-order valence-corrected chi connectivity index (χ1v) is 8.57. The van der Waals surface area contributed by atoms with Crippen LogP contribution in [0.25, 0.3) is 0 Å². The quantitative estimate of drug-likeness (QED) is 0.776. The standard InChI is InChI=1S/C14H16F3NO3S/c15-11-5-13(17)14(6-12(11)16)22(19,20)18(10-1-2-10)7-9-3-4-21-8-9/h5-6,9-10H,1-4,7-8H2. The molecule has 22 heavy (non-hydrogen) atoms. The Morgan fingerprint density at radius 1 is 1.09 bits per heavy atom. The van der Waals surface area contributed by atoms with Gasteiger partial charge in [-0.15, -0.1) is 0 Å². The molecule has 0 bridgehead atoms. The fourth-order valence-electron chi connectivity index (χ4n) is 2.62.